The molecule has 28 heavy (non-hydrogen) atoms. The second kappa shape index (κ2) is 7.00. The molecular weight excluding hydrogens is 356 g/mol. The summed E-state index contributed by atoms with van der Waals surface area (Å²) in [6, 6.07) is 0. The van der Waals surface area contributed by atoms with E-state index in [2.05, 4.69) is 13.8 Å². The molecule has 4 rings (SSSR count). The van der Waals surface area contributed by atoms with Crippen molar-refractivity contribution < 1.29 is 24.2 Å². The second-order valence-corrected chi connectivity index (χ2v) is 10.5. The van der Waals surface area contributed by atoms with Gasteiger partial charge in [-0.15, -0.1) is 0 Å². The van der Waals surface area contributed by atoms with Crippen LogP contribution in [0.2, 0.25) is 0 Å². The fourth-order valence-corrected chi connectivity index (χ4v) is 7.95. The van der Waals surface area contributed by atoms with E-state index in [1.54, 1.807) is 0 Å². The van der Waals surface area contributed by atoms with Crippen LogP contribution in [0.5, 0.6) is 0 Å². The minimum atomic E-state index is -0.334. The summed E-state index contributed by atoms with van der Waals surface area (Å²) in [6.45, 7) is 7.68. The van der Waals surface area contributed by atoms with E-state index in [4.69, 9.17) is 9.47 Å². The number of aliphatic hydroxyl groups is 1. The van der Waals surface area contributed by atoms with Crippen LogP contribution in [0.25, 0.3) is 0 Å². The van der Waals surface area contributed by atoms with Crippen LogP contribution in [-0.2, 0) is 19.1 Å². The molecular formula is C23H36O5. The normalized spacial score (nSPS) is 50.1. The van der Waals surface area contributed by atoms with Gasteiger partial charge in [-0.1, -0.05) is 13.8 Å². The minimum absolute atomic E-state index is 0.0262. The van der Waals surface area contributed by atoms with Gasteiger partial charge in [-0.25, -0.2) is 0 Å². The van der Waals surface area contributed by atoms with Crippen LogP contribution < -0.4 is 0 Å². The Kier molecular flexibility index (Phi) is 5.05. The summed E-state index contributed by atoms with van der Waals surface area (Å²) >= 11 is 0. The quantitative estimate of drug-likeness (QED) is 0.723. The SMILES string of the molecule is CC(=O)O[C@H]1CC[C@@]2(C)[C@H](C1)[C@@H](O)C[C@@H]1[C@@H]2CC[C@]2(C)[C@@H](OC(C)=O)CC[C@@H]12. The maximum absolute atomic E-state index is 11.6. The van der Waals surface area contributed by atoms with E-state index in [0.29, 0.717) is 17.8 Å². The summed E-state index contributed by atoms with van der Waals surface area (Å²) in [5.74, 6) is 1.45. The van der Waals surface area contributed by atoms with Crippen LogP contribution in [0.4, 0.5) is 0 Å². The standard InChI is InChI=1S/C23H36O5/c1-13(24)27-15-7-9-22(3)18-8-10-23(4)17(5-6-21(23)28-14(2)25)16(18)12-20(26)19(22)11-15/h15-21,26H,5-12H2,1-4H3/t15-,16-,17-,18-,19+,20-,21-,22+,23-/m0/s1. The number of rotatable bonds is 2. The topological polar surface area (TPSA) is 72.8 Å². The molecule has 4 aliphatic carbocycles. The van der Waals surface area contributed by atoms with Crippen molar-refractivity contribution in [2.75, 3.05) is 0 Å². The number of hydrogen-bond acceptors (Lipinski definition) is 5. The summed E-state index contributed by atoms with van der Waals surface area (Å²) in [4.78, 5) is 23.0. The van der Waals surface area contributed by atoms with Crippen LogP contribution in [0.3, 0.4) is 0 Å². The first-order chi connectivity index (χ1) is 13.1. The summed E-state index contributed by atoms with van der Waals surface area (Å²) < 4.78 is 11.2. The fraction of sp³-hybridized carbons (Fsp3) is 0.913. The van der Waals surface area contributed by atoms with Crippen molar-refractivity contribution in [2.24, 2.45) is 34.5 Å². The smallest absolute Gasteiger partial charge is 0.302 e. The highest BCUT2D eigenvalue weighted by atomic mass is 16.5. The van der Waals surface area contributed by atoms with Gasteiger partial charge in [-0.2, -0.15) is 0 Å². The van der Waals surface area contributed by atoms with Gasteiger partial charge < -0.3 is 14.6 Å². The molecule has 0 spiro atoms. The molecule has 5 heteroatoms. The lowest BCUT2D eigenvalue weighted by molar-refractivity contribution is -0.187. The van der Waals surface area contributed by atoms with Gasteiger partial charge in [0.15, 0.2) is 0 Å². The van der Waals surface area contributed by atoms with Crippen LogP contribution in [-0.4, -0.2) is 35.4 Å². The number of carbonyl (C=O) groups is 2. The predicted octanol–water partition coefficient (Wildman–Crippen LogP) is 3.86. The molecule has 0 aromatic carbocycles. The average Bonchev–Trinajstić information content (AvgIpc) is 2.92. The van der Waals surface area contributed by atoms with E-state index >= 15 is 0 Å². The van der Waals surface area contributed by atoms with Gasteiger partial charge in [-0.3, -0.25) is 9.59 Å². The number of carbonyl (C=O) groups excluding carboxylic acids is 2. The summed E-state index contributed by atoms with van der Waals surface area (Å²) in [6.07, 6.45) is 7.49. The number of fused-ring (bicyclic) bond motifs is 5. The lowest BCUT2D eigenvalue weighted by Crippen LogP contribution is -2.58. The molecule has 0 aromatic heterocycles. The molecule has 0 unspecified atom stereocenters. The van der Waals surface area contributed by atoms with Crippen molar-refractivity contribution >= 4 is 11.9 Å². The Balaban J connectivity index is 1.55. The van der Waals surface area contributed by atoms with Crippen molar-refractivity contribution in [3.8, 4) is 0 Å². The first-order valence-corrected chi connectivity index (χ1v) is 11.2. The van der Waals surface area contributed by atoms with Gasteiger partial charge in [0, 0.05) is 19.3 Å². The zero-order valence-corrected chi connectivity index (χ0v) is 17.8. The average molecular weight is 393 g/mol. The van der Waals surface area contributed by atoms with Crippen LogP contribution >= 0.6 is 0 Å². The van der Waals surface area contributed by atoms with Crippen molar-refractivity contribution in [1.29, 1.82) is 0 Å². The third-order valence-corrected chi connectivity index (χ3v) is 9.19. The lowest BCUT2D eigenvalue weighted by Gasteiger charge is -2.62. The van der Waals surface area contributed by atoms with Gasteiger partial charge in [-0.05, 0) is 80.5 Å². The Labute approximate surface area is 168 Å². The molecule has 1 N–H and O–H groups in total. The van der Waals surface area contributed by atoms with Crippen molar-refractivity contribution in [1.82, 2.24) is 0 Å². The highest BCUT2D eigenvalue weighted by molar-refractivity contribution is 5.66. The molecule has 0 saturated heterocycles. The molecule has 0 heterocycles. The van der Waals surface area contributed by atoms with E-state index in [0.717, 1.165) is 51.4 Å². The number of hydrogen-bond donors (Lipinski definition) is 1. The molecule has 4 aliphatic rings. The van der Waals surface area contributed by atoms with E-state index < -0.39 is 0 Å². The van der Waals surface area contributed by atoms with E-state index in [-0.39, 0.29) is 47.0 Å². The largest absolute Gasteiger partial charge is 0.463 e. The third-order valence-electron chi connectivity index (χ3n) is 9.19. The molecule has 0 amide bonds. The monoisotopic (exact) mass is 392 g/mol. The molecule has 0 bridgehead atoms. The van der Waals surface area contributed by atoms with E-state index in [1.807, 2.05) is 0 Å². The van der Waals surface area contributed by atoms with Crippen LogP contribution in [0.15, 0.2) is 0 Å². The Morgan fingerprint density at radius 1 is 0.821 bits per heavy atom. The molecule has 4 fully saturated rings. The van der Waals surface area contributed by atoms with Crippen molar-refractivity contribution in [3.05, 3.63) is 0 Å². The van der Waals surface area contributed by atoms with E-state index in [1.165, 1.54) is 13.8 Å². The third kappa shape index (κ3) is 3.09. The Morgan fingerprint density at radius 2 is 1.46 bits per heavy atom. The van der Waals surface area contributed by atoms with Gasteiger partial charge in [0.25, 0.3) is 0 Å². The van der Waals surface area contributed by atoms with Gasteiger partial charge in [0.2, 0.25) is 0 Å². The highest BCUT2D eigenvalue weighted by Gasteiger charge is 2.62. The maximum Gasteiger partial charge on any atom is 0.302 e. The minimum Gasteiger partial charge on any atom is -0.463 e. The molecule has 4 saturated carbocycles. The Morgan fingerprint density at radius 3 is 2.14 bits per heavy atom. The molecule has 0 aromatic rings. The first kappa shape index (κ1) is 20.2. The maximum atomic E-state index is 11.6. The van der Waals surface area contributed by atoms with Crippen molar-refractivity contribution in [3.63, 3.8) is 0 Å². The predicted molar refractivity (Wildman–Crippen MR) is 104 cm³/mol. The van der Waals surface area contributed by atoms with Crippen molar-refractivity contribution in [2.45, 2.75) is 97.4 Å². The number of ether oxygens (including phenoxy) is 2. The zero-order chi connectivity index (χ0) is 20.3. The van der Waals surface area contributed by atoms with Gasteiger partial charge in [0.05, 0.1) is 6.10 Å². The first-order valence-electron chi connectivity index (χ1n) is 11.2. The summed E-state index contributed by atoms with van der Waals surface area (Å²) in [7, 11) is 0. The van der Waals surface area contributed by atoms with Gasteiger partial charge in [0.1, 0.15) is 12.2 Å². The van der Waals surface area contributed by atoms with Crippen LogP contribution in [0.1, 0.15) is 79.1 Å². The number of aliphatic hydroxyl groups excluding tert-OH is 1. The summed E-state index contributed by atoms with van der Waals surface area (Å²) in [5.41, 5.74) is 0.157. The van der Waals surface area contributed by atoms with Gasteiger partial charge >= 0.3 is 11.9 Å². The molecule has 9 atom stereocenters. The highest BCUT2D eigenvalue weighted by Crippen LogP contribution is 2.66. The number of esters is 2. The van der Waals surface area contributed by atoms with Crippen LogP contribution in [0, 0.1) is 34.5 Å². The second-order valence-electron chi connectivity index (χ2n) is 10.5. The molecule has 0 radical (unpaired) electrons. The van der Waals surface area contributed by atoms with E-state index in [9.17, 15) is 14.7 Å². The Hall–Kier alpha value is -1.10. The molecule has 158 valence electrons. The molecule has 0 aliphatic heterocycles. The summed E-state index contributed by atoms with van der Waals surface area (Å²) in [5, 5.41) is 11.1. The zero-order valence-electron chi connectivity index (χ0n) is 17.8. The Bertz CT molecular complexity index is 647. The lowest BCUT2D eigenvalue weighted by atomic mass is 9.44. The molecule has 5 nitrogen and oxygen atoms in total. The fourth-order valence-electron chi connectivity index (χ4n) is 7.95.